The minimum Gasteiger partial charge on any atom is -0.448 e. The molecule has 126 valence electrons. The van der Waals surface area contributed by atoms with Crippen molar-refractivity contribution in [3.63, 3.8) is 0 Å². The van der Waals surface area contributed by atoms with E-state index in [-0.39, 0.29) is 29.5 Å². The van der Waals surface area contributed by atoms with E-state index in [0.717, 1.165) is 24.1 Å². The molecule has 24 heavy (non-hydrogen) atoms. The quantitative estimate of drug-likeness (QED) is 0.854. The van der Waals surface area contributed by atoms with Crippen molar-refractivity contribution in [3.8, 4) is 0 Å². The summed E-state index contributed by atoms with van der Waals surface area (Å²) in [4.78, 5) is 28.0. The molecule has 1 heterocycles. The fourth-order valence-electron chi connectivity index (χ4n) is 2.38. The predicted molar refractivity (Wildman–Crippen MR) is 89.6 cm³/mol. The zero-order valence-electron chi connectivity index (χ0n) is 13.8. The smallest absolute Gasteiger partial charge is 0.273 e. The Morgan fingerprint density at radius 1 is 1.29 bits per heavy atom. The molecule has 2 aromatic rings. The largest absolute Gasteiger partial charge is 0.448 e. The van der Waals surface area contributed by atoms with Crippen LogP contribution in [0.25, 0.3) is 0 Å². The number of rotatable bonds is 6. The van der Waals surface area contributed by atoms with Crippen molar-refractivity contribution in [3.05, 3.63) is 47.7 Å². The molecule has 1 aromatic heterocycles. The molecule has 3 rings (SSSR count). The maximum absolute atomic E-state index is 12.2. The molecule has 1 aromatic carbocycles. The lowest BCUT2D eigenvalue weighted by molar-refractivity contribution is -0.117. The molecule has 0 radical (unpaired) electrons. The number of benzene rings is 1. The number of nitrogens with one attached hydrogen (secondary N) is 2. The maximum Gasteiger partial charge on any atom is 0.273 e. The van der Waals surface area contributed by atoms with Gasteiger partial charge in [0.05, 0.1) is 6.04 Å². The first kappa shape index (κ1) is 16.2. The van der Waals surface area contributed by atoms with Gasteiger partial charge in [0, 0.05) is 18.0 Å². The van der Waals surface area contributed by atoms with Crippen molar-refractivity contribution in [2.24, 2.45) is 5.92 Å². The number of nitrogens with zero attached hydrogens (tertiary/aromatic N) is 1. The van der Waals surface area contributed by atoms with Gasteiger partial charge >= 0.3 is 0 Å². The first-order valence-corrected chi connectivity index (χ1v) is 8.23. The fraction of sp³-hybridized carbons (Fsp3) is 0.389. The summed E-state index contributed by atoms with van der Waals surface area (Å²) < 4.78 is 5.19. The number of amides is 2. The molecule has 1 aliphatic carbocycles. The fourth-order valence-corrected chi connectivity index (χ4v) is 2.38. The molecule has 2 N–H and O–H groups in total. The third-order valence-corrected chi connectivity index (χ3v) is 4.06. The summed E-state index contributed by atoms with van der Waals surface area (Å²) in [6, 6.07) is 7.32. The molecule has 1 saturated carbocycles. The number of carbonyl (C=O) groups is 2. The van der Waals surface area contributed by atoms with Gasteiger partial charge in [-0.05, 0) is 37.5 Å². The minimum absolute atomic E-state index is 0.0851. The molecule has 2 amide bonds. The molecule has 0 aliphatic heterocycles. The number of hydrogen-bond donors (Lipinski definition) is 2. The van der Waals surface area contributed by atoms with Gasteiger partial charge in [-0.25, -0.2) is 4.98 Å². The lowest BCUT2D eigenvalue weighted by Crippen LogP contribution is -2.27. The van der Waals surface area contributed by atoms with E-state index in [9.17, 15) is 9.59 Å². The van der Waals surface area contributed by atoms with E-state index < -0.39 is 0 Å². The van der Waals surface area contributed by atoms with Crippen molar-refractivity contribution >= 4 is 17.5 Å². The molecule has 1 atom stereocenters. The zero-order chi connectivity index (χ0) is 17.1. The Kier molecular flexibility index (Phi) is 4.64. The topological polar surface area (TPSA) is 84.2 Å². The Bertz CT molecular complexity index is 732. The van der Waals surface area contributed by atoms with Crippen LogP contribution in [-0.4, -0.2) is 16.8 Å². The Morgan fingerprint density at radius 3 is 2.58 bits per heavy atom. The van der Waals surface area contributed by atoms with Crippen LogP contribution >= 0.6 is 0 Å². The van der Waals surface area contributed by atoms with Gasteiger partial charge in [0.25, 0.3) is 5.91 Å². The Morgan fingerprint density at radius 2 is 2.00 bits per heavy atom. The summed E-state index contributed by atoms with van der Waals surface area (Å²) in [5.41, 5.74) is 2.01. The van der Waals surface area contributed by atoms with Gasteiger partial charge in [-0.1, -0.05) is 19.1 Å². The highest BCUT2D eigenvalue weighted by molar-refractivity contribution is 5.94. The summed E-state index contributed by atoms with van der Waals surface area (Å²) in [6.07, 6.45) is 3.98. The molecule has 1 unspecified atom stereocenters. The van der Waals surface area contributed by atoms with E-state index in [1.807, 2.05) is 38.1 Å². The second-order valence-electron chi connectivity index (χ2n) is 6.06. The van der Waals surface area contributed by atoms with Crippen LogP contribution in [0.4, 0.5) is 5.69 Å². The van der Waals surface area contributed by atoms with Gasteiger partial charge in [-0.2, -0.15) is 0 Å². The predicted octanol–water partition coefficient (Wildman–Crippen LogP) is 3.08. The minimum atomic E-state index is -0.267. The Hall–Kier alpha value is -2.63. The standard InChI is InChI=1S/C18H21N3O3/c1-3-16-21-15(10-24-16)18(23)19-11(2)12-6-8-14(9-7-12)20-17(22)13-4-5-13/h6-11,13H,3-5H2,1-2H3,(H,19,23)(H,20,22). The molecular formula is C18H21N3O3. The molecular weight excluding hydrogens is 306 g/mol. The van der Waals surface area contributed by atoms with Gasteiger partial charge in [-0.15, -0.1) is 0 Å². The molecule has 0 bridgehead atoms. The average Bonchev–Trinajstić information content (AvgIpc) is 3.32. The number of aromatic nitrogens is 1. The van der Waals surface area contributed by atoms with E-state index >= 15 is 0 Å². The van der Waals surface area contributed by atoms with Crippen LogP contribution in [0.2, 0.25) is 0 Å². The van der Waals surface area contributed by atoms with E-state index in [1.165, 1.54) is 6.26 Å². The molecule has 0 saturated heterocycles. The first-order valence-electron chi connectivity index (χ1n) is 8.23. The van der Waals surface area contributed by atoms with Crippen molar-refractivity contribution in [1.29, 1.82) is 0 Å². The Labute approximate surface area is 140 Å². The average molecular weight is 327 g/mol. The van der Waals surface area contributed by atoms with Crippen molar-refractivity contribution in [1.82, 2.24) is 10.3 Å². The van der Waals surface area contributed by atoms with Gasteiger partial charge in [0.15, 0.2) is 11.6 Å². The van der Waals surface area contributed by atoms with Crippen LogP contribution in [0.5, 0.6) is 0 Å². The first-order chi connectivity index (χ1) is 11.6. The zero-order valence-corrected chi connectivity index (χ0v) is 13.8. The highest BCUT2D eigenvalue weighted by Crippen LogP contribution is 2.30. The number of hydrogen-bond acceptors (Lipinski definition) is 4. The van der Waals surface area contributed by atoms with Gasteiger partial charge < -0.3 is 15.1 Å². The van der Waals surface area contributed by atoms with E-state index in [4.69, 9.17) is 4.42 Å². The molecule has 6 nitrogen and oxygen atoms in total. The highest BCUT2D eigenvalue weighted by Gasteiger charge is 2.29. The van der Waals surface area contributed by atoms with Crippen LogP contribution in [0.15, 0.2) is 34.9 Å². The van der Waals surface area contributed by atoms with E-state index in [0.29, 0.717) is 12.3 Å². The van der Waals surface area contributed by atoms with E-state index in [1.54, 1.807) is 0 Å². The Balaban J connectivity index is 1.58. The summed E-state index contributed by atoms with van der Waals surface area (Å²) in [7, 11) is 0. The SMILES string of the molecule is CCc1nc(C(=O)NC(C)c2ccc(NC(=O)C3CC3)cc2)co1. The van der Waals surface area contributed by atoms with E-state index in [2.05, 4.69) is 15.6 Å². The molecule has 1 fully saturated rings. The van der Waals surface area contributed by atoms with Crippen LogP contribution in [-0.2, 0) is 11.2 Å². The van der Waals surface area contributed by atoms with Gasteiger partial charge in [0.1, 0.15) is 6.26 Å². The summed E-state index contributed by atoms with van der Waals surface area (Å²) >= 11 is 0. The second kappa shape index (κ2) is 6.86. The molecule has 6 heteroatoms. The molecule has 0 spiro atoms. The summed E-state index contributed by atoms with van der Waals surface area (Å²) in [5, 5.41) is 5.79. The monoisotopic (exact) mass is 327 g/mol. The van der Waals surface area contributed by atoms with Gasteiger partial charge in [-0.3, -0.25) is 9.59 Å². The van der Waals surface area contributed by atoms with Crippen molar-refractivity contribution in [2.45, 2.75) is 39.2 Å². The van der Waals surface area contributed by atoms with Crippen LogP contribution in [0.1, 0.15) is 54.7 Å². The van der Waals surface area contributed by atoms with Crippen LogP contribution in [0.3, 0.4) is 0 Å². The van der Waals surface area contributed by atoms with Crippen molar-refractivity contribution in [2.75, 3.05) is 5.32 Å². The number of carbonyl (C=O) groups excluding carboxylic acids is 2. The third-order valence-electron chi connectivity index (χ3n) is 4.06. The number of aryl methyl sites for hydroxylation is 1. The van der Waals surface area contributed by atoms with Crippen molar-refractivity contribution < 1.29 is 14.0 Å². The highest BCUT2D eigenvalue weighted by atomic mass is 16.3. The van der Waals surface area contributed by atoms with Gasteiger partial charge in [0.2, 0.25) is 5.91 Å². The normalized spacial score (nSPS) is 14.9. The number of oxazole rings is 1. The maximum atomic E-state index is 12.2. The van der Waals surface area contributed by atoms with Crippen LogP contribution < -0.4 is 10.6 Å². The summed E-state index contributed by atoms with van der Waals surface area (Å²) in [5.74, 6) is 0.542. The molecule has 1 aliphatic rings. The third kappa shape index (κ3) is 3.82. The summed E-state index contributed by atoms with van der Waals surface area (Å²) in [6.45, 7) is 3.82. The lowest BCUT2D eigenvalue weighted by atomic mass is 10.1. The second-order valence-corrected chi connectivity index (χ2v) is 6.06. The van der Waals surface area contributed by atoms with Crippen LogP contribution in [0, 0.1) is 5.92 Å². The number of anilines is 1. The lowest BCUT2D eigenvalue weighted by Gasteiger charge is -2.14.